The normalized spacial score (nSPS) is 17.8. The molecule has 2 aromatic heterocycles. The molecule has 4 rings (SSSR count). The third-order valence-corrected chi connectivity index (χ3v) is 5.03. The second-order valence-electron chi connectivity index (χ2n) is 6.80. The van der Waals surface area contributed by atoms with Crippen molar-refractivity contribution >= 4 is 16.8 Å². The molecule has 0 bridgehead atoms. The van der Waals surface area contributed by atoms with Crippen molar-refractivity contribution in [2.45, 2.75) is 26.3 Å². The van der Waals surface area contributed by atoms with Gasteiger partial charge in [-0.3, -0.25) is 9.78 Å². The van der Waals surface area contributed by atoms with Gasteiger partial charge in [-0.25, -0.2) is 4.98 Å². The van der Waals surface area contributed by atoms with Crippen molar-refractivity contribution in [1.29, 1.82) is 0 Å². The highest BCUT2D eigenvalue weighted by atomic mass is 16.2. The van der Waals surface area contributed by atoms with Crippen LogP contribution in [0, 0.1) is 12.8 Å². The van der Waals surface area contributed by atoms with Gasteiger partial charge in [-0.2, -0.15) is 0 Å². The minimum Gasteiger partial charge on any atom is -0.338 e. The monoisotopic (exact) mass is 334 g/mol. The molecule has 1 fully saturated rings. The number of piperidine rings is 1. The number of fused-ring (bicyclic) bond motifs is 1. The highest BCUT2D eigenvalue weighted by molar-refractivity contribution is 5.98. The number of carbonyl (C=O) groups is 1. The second-order valence-corrected chi connectivity index (χ2v) is 6.80. The molecule has 0 N–H and O–H groups in total. The van der Waals surface area contributed by atoms with Crippen LogP contribution in [0.15, 0.2) is 48.9 Å². The molecule has 0 aliphatic carbocycles. The van der Waals surface area contributed by atoms with Gasteiger partial charge in [0.2, 0.25) is 0 Å². The number of aromatic nitrogens is 3. The molecule has 0 spiro atoms. The maximum Gasteiger partial charge on any atom is 0.253 e. The Morgan fingerprint density at radius 3 is 3.00 bits per heavy atom. The number of imidazole rings is 1. The van der Waals surface area contributed by atoms with E-state index in [-0.39, 0.29) is 5.91 Å². The molecule has 1 amide bonds. The Hall–Kier alpha value is -2.69. The lowest BCUT2D eigenvalue weighted by atomic mass is 9.97. The van der Waals surface area contributed by atoms with Crippen LogP contribution in [0.3, 0.4) is 0 Å². The Balaban J connectivity index is 1.49. The molecule has 128 valence electrons. The third-order valence-electron chi connectivity index (χ3n) is 5.03. The van der Waals surface area contributed by atoms with E-state index in [1.54, 1.807) is 6.20 Å². The smallest absolute Gasteiger partial charge is 0.253 e. The molecule has 1 saturated heterocycles. The Morgan fingerprint density at radius 2 is 2.16 bits per heavy atom. The van der Waals surface area contributed by atoms with Gasteiger partial charge in [0, 0.05) is 49.2 Å². The summed E-state index contributed by atoms with van der Waals surface area (Å²) in [4.78, 5) is 23.6. The zero-order chi connectivity index (χ0) is 17.2. The Labute approximate surface area is 147 Å². The maximum atomic E-state index is 12.9. The summed E-state index contributed by atoms with van der Waals surface area (Å²) in [6.07, 6.45) is 7.84. The van der Waals surface area contributed by atoms with Crippen LogP contribution in [-0.2, 0) is 6.54 Å². The molecular formula is C20H22N4O. The van der Waals surface area contributed by atoms with Crippen molar-refractivity contribution in [1.82, 2.24) is 19.4 Å². The van der Waals surface area contributed by atoms with Gasteiger partial charge in [0.05, 0.1) is 5.52 Å². The van der Waals surface area contributed by atoms with Crippen molar-refractivity contribution in [3.8, 4) is 0 Å². The second kappa shape index (κ2) is 6.67. The van der Waals surface area contributed by atoms with E-state index < -0.39 is 0 Å². The fraction of sp³-hybridized carbons (Fsp3) is 0.350. The third kappa shape index (κ3) is 3.27. The fourth-order valence-corrected chi connectivity index (χ4v) is 3.66. The van der Waals surface area contributed by atoms with Crippen molar-refractivity contribution in [2.24, 2.45) is 5.92 Å². The van der Waals surface area contributed by atoms with Crippen LogP contribution in [0.1, 0.15) is 29.0 Å². The summed E-state index contributed by atoms with van der Waals surface area (Å²) in [5.74, 6) is 1.64. The van der Waals surface area contributed by atoms with E-state index >= 15 is 0 Å². The molecule has 5 heteroatoms. The lowest BCUT2D eigenvalue weighted by molar-refractivity contribution is 0.0662. The fourth-order valence-electron chi connectivity index (χ4n) is 3.66. The van der Waals surface area contributed by atoms with Gasteiger partial charge in [0.1, 0.15) is 5.82 Å². The number of nitrogens with zero attached hydrogens (tertiary/aromatic N) is 4. The minimum absolute atomic E-state index is 0.123. The van der Waals surface area contributed by atoms with Crippen molar-refractivity contribution in [3.05, 3.63) is 60.3 Å². The first-order chi connectivity index (χ1) is 12.2. The first kappa shape index (κ1) is 15.8. The van der Waals surface area contributed by atoms with Gasteiger partial charge in [0.25, 0.3) is 5.91 Å². The Bertz CT molecular complexity index is 901. The number of pyridine rings is 1. The zero-order valence-electron chi connectivity index (χ0n) is 14.4. The van der Waals surface area contributed by atoms with Crippen LogP contribution in [0.5, 0.6) is 0 Å². The maximum absolute atomic E-state index is 12.9. The number of carbonyl (C=O) groups excluding carboxylic acids is 1. The highest BCUT2D eigenvalue weighted by Gasteiger charge is 2.25. The van der Waals surface area contributed by atoms with E-state index in [1.165, 1.54) is 0 Å². The predicted molar refractivity (Wildman–Crippen MR) is 97.3 cm³/mol. The molecule has 0 radical (unpaired) electrons. The van der Waals surface area contributed by atoms with Crippen LogP contribution in [-0.4, -0.2) is 38.4 Å². The number of amides is 1. The standard InChI is InChI=1S/C20H22N4O/c1-15-21-9-11-23(15)13-16-4-3-10-24(14-16)20(25)18-6-7-19-17(12-18)5-2-8-22-19/h2,5-9,11-12,16H,3-4,10,13-14H2,1H3/t16-/m1/s1. The van der Waals surface area contributed by atoms with Gasteiger partial charge in [-0.15, -0.1) is 0 Å². The topological polar surface area (TPSA) is 51.0 Å². The van der Waals surface area contributed by atoms with Crippen molar-refractivity contribution in [2.75, 3.05) is 13.1 Å². The zero-order valence-corrected chi connectivity index (χ0v) is 14.4. The average molecular weight is 334 g/mol. The summed E-state index contributed by atoms with van der Waals surface area (Å²) in [6.45, 7) is 4.59. The van der Waals surface area contributed by atoms with Gasteiger partial charge >= 0.3 is 0 Å². The molecule has 0 unspecified atom stereocenters. The quantitative estimate of drug-likeness (QED) is 0.738. The van der Waals surface area contributed by atoms with E-state index in [9.17, 15) is 4.79 Å². The van der Waals surface area contributed by atoms with Gasteiger partial charge in [0.15, 0.2) is 0 Å². The molecule has 25 heavy (non-hydrogen) atoms. The summed E-state index contributed by atoms with van der Waals surface area (Å²) >= 11 is 0. The summed E-state index contributed by atoms with van der Waals surface area (Å²) in [5, 5.41) is 1.01. The van der Waals surface area contributed by atoms with E-state index in [0.29, 0.717) is 5.92 Å². The largest absolute Gasteiger partial charge is 0.338 e. The number of aryl methyl sites for hydroxylation is 1. The summed E-state index contributed by atoms with van der Waals surface area (Å²) in [5.41, 5.74) is 1.67. The van der Waals surface area contributed by atoms with Crippen LogP contribution in [0.25, 0.3) is 10.9 Å². The van der Waals surface area contributed by atoms with Crippen molar-refractivity contribution in [3.63, 3.8) is 0 Å². The minimum atomic E-state index is 0.123. The summed E-state index contributed by atoms with van der Waals surface area (Å²) < 4.78 is 2.18. The first-order valence-corrected chi connectivity index (χ1v) is 8.82. The molecule has 1 aliphatic heterocycles. The van der Waals surface area contributed by atoms with Crippen molar-refractivity contribution < 1.29 is 4.79 Å². The first-order valence-electron chi connectivity index (χ1n) is 8.82. The SMILES string of the molecule is Cc1nccn1C[C@H]1CCCN(C(=O)c2ccc3ncccc3c2)C1. The molecular weight excluding hydrogens is 312 g/mol. The number of rotatable bonds is 3. The van der Waals surface area contributed by atoms with Gasteiger partial charge in [-0.1, -0.05) is 6.07 Å². The molecule has 1 aromatic carbocycles. The average Bonchev–Trinajstić information content (AvgIpc) is 3.05. The molecule has 3 heterocycles. The van der Waals surface area contributed by atoms with E-state index in [0.717, 1.165) is 54.8 Å². The highest BCUT2D eigenvalue weighted by Crippen LogP contribution is 2.22. The van der Waals surface area contributed by atoms with E-state index in [4.69, 9.17) is 0 Å². The van der Waals surface area contributed by atoms with Gasteiger partial charge < -0.3 is 9.47 Å². The molecule has 1 aliphatic rings. The summed E-state index contributed by atoms with van der Waals surface area (Å²) in [7, 11) is 0. The van der Waals surface area contributed by atoms with Crippen LogP contribution in [0.2, 0.25) is 0 Å². The van der Waals surface area contributed by atoms with Gasteiger partial charge in [-0.05, 0) is 49.9 Å². The van der Waals surface area contributed by atoms with Crippen LogP contribution >= 0.6 is 0 Å². The van der Waals surface area contributed by atoms with Crippen LogP contribution in [0.4, 0.5) is 0 Å². The lowest BCUT2D eigenvalue weighted by Gasteiger charge is -2.33. The number of benzene rings is 1. The Morgan fingerprint density at radius 1 is 1.24 bits per heavy atom. The van der Waals surface area contributed by atoms with E-state index in [2.05, 4.69) is 14.5 Å². The molecule has 1 atom stereocenters. The number of hydrogen-bond donors (Lipinski definition) is 0. The molecule has 5 nitrogen and oxygen atoms in total. The Kier molecular flexibility index (Phi) is 4.22. The van der Waals surface area contributed by atoms with Crippen LogP contribution < -0.4 is 0 Å². The predicted octanol–water partition coefficient (Wildman–Crippen LogP) is 3.29. The molecule has 3 aromatic rings. The summed E-state index contributed by atoms with van der Waals surface area (Å²) in [6, 6.07) is 9.68. The lowest BCUT2D eigenvalue weighted by Crippen LogP contribution is -2.41. The number of likely N-dealkylation sites (tertiary alicyclic amines) is 1. The molecule has 0 saturated carbocycles. The van der Waals surface area contributed by atoms with E-state index in [1.807, 2.05) is 54.5 Å². The number of hydrogen-bond acceptors (Lipinski definition) is 3.